The van der Waals surface area contributed by atoms with Crippen molar-refractivity contribution in [3.05, 3.63) is 24.3 Å². The zero-order valence-corrected chi connectivity index (χ0v) is 9.87. The average Bonchev–Trinajstić information content (AvgIpc) is 2.35. The van der Waals surface area contributed by atoms with E-state index in [9.17, 15) is 0 Å². The number of hydrogen-bond donors (Lipinski definition) is 1. The Morgan fingerprint density at radius 3 is 3.19 bits per heavy atom. The fourth-order valence-corrected chi connectivity index (χ4v) is 2.77. The van der Waals surface area contributed by atoms with E-state index in [0.717, 1.165) is 17.9 Å². The molecule has 1 aliphatic rings. The van der Waals surface area contributed by atoms with Gasteiger partial charge < -0.3 is 10.5 Å². The van der Waals surface area contributed by atoms with Crippen molar-refractivity contribution in [1.29, 1.82) is 0 Å². The van der Waals surface area contributed by atoms with Crippen LogP contribution in [0.15, 0.2) is 29.2 Å². The van der Waals surface area contributed by atoms with Crippen LogP contribution in [0.25, 0.3) is 0 Å². The van der Waals surface area contributed by atoms with E-state index in [1.54, 1.807) is 11.8 Å². The topological polar surface area (TPSA) is 35.2 Å². The molecule has 1 aliphatic heterocycles. The zero-order valence-electron chi connectivity index (χ0n) is 9.06. The van der Waals surface area contributed by atoms with Crippen molar-refractivity contribution < 1.29 is 4.74 Å². The summed E-state index contributed by atoms with van der Waals surface area (Å²) in [6.45, 7) is 0. The average molecular weight is 233 g/mol. The van der Waals surface area contributed by atoms with Gasteiger partial charge in [0, 0.05) is 23.1 Å². The first-order valence-electron chi connectivity index (χ1n) is 5.39. The van der Waals surface area contributed by atoms with Crippen LogP contribution in [-0.4, -0.2) is 17.9 Å². The summed E-state index contributed by atoms with van der Waals surface area (Å²) in [6, 6.07) is 8.09. The maximum Gasteiger partial charge on any atom is 0.133 e. The third-order valence-corrected chi connectivity index (χ3v) is 3.77. The predicted molar refractivity (Wildman–Crippen MR) is 67.6 cm³/mol. The molecule has 0 aliphatic carbocycles. The van der Waals surface area contributed by atoms with Crippen molar-refractivity contribution in [2.45, 2.75) is 29.9 Å². The minimum Gasteiger partial charge on any atom is -0.487 e. The van der Waals surface area contributed by atoms with Crippen molar-refractivity contribution in [2.24, 2.45) is 5.73 Å². The fourth-order valence-electron chi connectivity index (χ4n) is 1.68. The number of para-hydroxylation sites is 1. The number of terminal acetylenes is 1. The molecule has 2 unspecified atom stereocenters. The van der Waals surface area contributed by atoms with Gasteiger partial charge in [0.25, 0.3) is 0 Å². The van der Waals surface area contributed by atoms with E-state index >= 15 is 0 Å². The van der Waals surface area contributed by atoms with Crippen LogP contribution in [0.4, 0.5) is 0 Å². The Morgan fingerprint density at radius 2 is 2.38 bits per heavy atom. The molecule has 16 heavy (non-hydrogen) atoms. The maximum absolute atomic E-state index is 6.06. The number of fused-ring (bicyclic) bond motifs is 1. The molecule has 0 bridgehead atoms. The van der Waals surface area contributed by atoms with Crippen molar-refractivity contribution in [3.63, 3.8) is 0 Å². The van der Waals surface area contributed by atoms with Crippen LogP contribution in [0.3, 0.4) is 0 Å². The summed E-state index contributed by atoms with van der Waals surface area (Å²) in [5.41, 5.74) is 6.06. The maximum atomic E-state index is 6.06. The lowest BCUT2D eigenvalue weighted by Gasteiger charge is -2.29. The number of ether oxygens (including phenoxy) is 1. The lowest BCUT2D eigenvalue weighted by molar-refractivity contribution is 0.181. The molecule has 3 heteroatoms. The molecular weight excluding hydrogens is 218 g/mol. The number of hydrogen-bond acceptors (Lipinski definition) is 3. The van der Waals surface area contributed by atoms with Crippen molar-refractivity contribution in [2.75, 3.05) is 5.75 Å². The van der Waals surface area contributed by atoms with E-state index in [-0.39, 0.29) is 12.1 Å². The Morgan fingerprint density at radius 1 is 1.56 bits per heavy atom. The molecule has 0 aromatic heterocycles. The zero-order chi connectivity index (χ0) is 11.4. The summed E-state index contributed by atoms with van der Waals surface area (Å²) in [5.74, 6) is 4.46. The second kappa shape index (κ2) is 5.29. The largest absolute Gasteiger partial charge is 0.487 e. The minimum absolute atomic E-state index is 0.0249. The summed E-state index contributed by atoms with van der Waals surface area (Å²) < 4.78 is 5.88. The van der Waals surface area contributed by atoms with Gasteiger partial charge >= 0.3 is 0 Å². The third-order valence-electron chi connectivity index (χ3n) is 2.63. The first-order valence-corrected chi connectivity index (χ1v) is 6.37. The predicted octanol–water partition coefficient (Wildman–Crippen LogP) is 2.28. The van der Waals surface area contributed by atoms with E-state index in [4.69, 9.17) is 16.9 Å². The number of nitrogens with two attached hydrogens (primary N) is 1. The molecule has 0 radical (unpaired) electrons. The molecule has 2 atom stereocenters. The van der Waals surface area contributed by atoms with Crippen LogP contribution in [0, 0.1) is 12.3 Å². The standard InChI is InChI=1S/C13H15NOS/c1-2-3-6-10(14)12-9-16-13-8-5-4-7-11(13)15-12/h1,4-5,7-8,10,12H,3,6,9,14H2. The van der Waals surface area contributed by atoms with Crippen LogP contribution in [0.1, 0.15) is 12.8 Å². The summed E-state index contributed by atoms with van der Waals surface area (Å²) in [6.07, 6.45) is 6.85. The molecule has 2 nitrogen and oxygen atoms in total. The van der Waals surface area contributed by atoms with E-state index in [0.29, 0.717) is 6.42 Å². The quantitative estimate of drug-likeness (QED) is 0.813. The molecule has 84 valence electrons. The van der Waals surface area contributed by atoms with Gasteiger partial charge in [0.15, 0.2) is 0 Å². The SMILES string of the molecule is C#CCCC(N)C1CSc2ccccc2O1. The number of benzene rings is 1. The smallest absolute Gasteiger partial charge is 0.133 e. The van der Waals surface area contributed by atoms with Crippen molar-refractivity contribution in [1.82, 2.24) is 0 Å². The molecule has 1 heterocycles. The molecule has 2 N–H and O–H groups in total. The third kappa shape index (κ3) is 2.52. The van der Waals surface area contributed by atoms with Gasteiger partial charge in [-0.3, -0.25) is 0 Å². The van der Waals surface area contributed by atoms with Crippen LogP contribution in [-0.2, 0) is 0 Å². The second-order valence-electron chi connectivity index (χ2n) is 3.82. The van der Waals surface area contributed by atoms with E-state index in [2.05, 4.69) is 12.0 Å². The molecule has 0 amide bonds. The number of rotatable bonds is 3. The highest BCUT2D eigenvalue weighted by atomic mass is 32.2. The Balaban J connectivity index is 2.00. The fraction of sp³-hybridized carbons (Fsp3) is 0.385. The molecule has 2 rings (SSSR count). The van der Waals surface area contributed by atoms with E-state index in [1.165, 1.54) is 4.90 Å². The molecular formula is C13H15NOS. The highest BCUT2D eigenvalue weighted by Gasteiger charge is 2.24. The van der Waals surface area contributed by atoms with Gasteiger partial charge in [-0.1, -0.05) is 12.1 Å². The van der Waals surface area contributed by atoms with Gasteiger partial charge in [-0.2, -0.15) is 0 Å². The molecule has 0 saturated heterocycles. The molecule has 0 saturated carbocycles. The van der Waals surface area contributed by atoms with Gasteiger partial charge in [0.05, 0.1) is 0 Å². The van der Waals surface area contributed by atoms with Crippen molar-refractivity contribution in [3.8, 4) is 18.1 Å². The monoisotopic (exact) mass is 233 g/mol. The summed E-state index contributed by atoms with van der Waals surface area (Å²) in [5, 5.41) is 0. The van der Waals surface area contributed by atoms with Crippen LogP contribution >= 0.6 is 11.8 Å². The molecule has 0 fully saturated rings. The van der Waals surface area contributed by atoms with Crippen LogP contribution in [0.2, 0.25) is 0 Å². The van der Waals surface area contributed by atoms with E-state index < -0.39 is 0 Å². The highest BCUT2D eigenvalue weighted by molar-refractivity contribution is 7.99. The molecule has 1 aromatic carbocycles. The normalized spacial score (nSPS) is 20.4. The van der Waals surface area contributed by atoms with Gasteiger partial charge in [-0.25, -0.2) is 0 Å². The molecule has 0 spiro atoms. The second-order valence-corrected chi connectivity index (χ2v) is 4.88. The summed E-state index contributed by atoms with van der Waals surface area (Å²) >= 11 is 1.80. The highest BCUT2D eigenvalue weighted by Crippen LogP contribution is 2.35. The Labute approximate surface area is 101 Å². The van der Waals surface area contributed by atoms with Gasteiger partial charge in [0.2, 0.25) is 0 Å². The van der Waals surface area contributed by atoms with Crippen LogP contribution < -0.4 is 10.5 Å². The van der Waals surface area contributed by atoms with Crippen LogP contribution in [0.5, 0.6) is 5.75 Å². The first-order chi connectivity index (χ1) is 7.81. The summed E-state index contributed by atoms with van der Waals surface area (Å²) in [4.78, 5) is 1.20. The minimum atomic E-state index is 0.0249. The lowest BCUT2D eigenvalue weighted by atomic mass is 10.1. The van der Waals surface area contributed by atoms with Crippen molar-refractivity contribution >= 4 is 11.8 Å². The van der Waals surface area contributed by atoms with Gasteiger partial charge in [-0.15, -0.1) is 24.1 Å². The molecule has 1 aromatic rings. The van der Waals surface area contributed by atoms with Gasteiger partial charge in [-0.05, 0) is 18.6 Å². The Bertz CT molecular complexity index is 399. The Hall–Kier alpha value is -1.11. The van der Waals surface area contributed by atoms with Gasteiger partial charge in [0.1, 0.15) is 11.9 Å². The number of thioether (sulfide) groups is 1. The first kappa shape index (κ1) is 11.4. The Kier molecular flexibility index (Phi) is 3.76. The van der Waals surface area contributed by atoms with E-state index in [1.807, 2.05) is 18.2 Å². The summed E-state index contributed by atoms with van der Waals surface area (Å²) in [7, 11) is 0. The lowest BCUT2D eigenvalue weighted by Crippen LogP contribution is -2.42.